The fourth-order valence-corrected chi connectivity index (χ4v) is 1.54. The van der Waals surface area contributed by atoms with Crippen molar-refractivity contribution in [2.45, 2.75) is 13.3 Å². The summed E-state index contributed by atoms with van der Waals surface area (Å²) in [6, 6.07) is 6.57. The molecule has 4 N–H and O–H groups in total. The smallest absolute Gasteiger partial charge is 0.339 e. The van der Waals surface area contributed by atoms with Crippen LogP contribution in [0, 0.1) is 0 Å². The summed E-state index contributed by atoms with van der Waals surface area (Å²) in [6.07, 6.45) is 0.0329. The van der Waals surface area contributed by atoms with E-state index in [0.717, 1.165) is 0 Å². The molecule has 0 radical (unpaired) electrons. The van der Waals surface area contributed by atoms with Crippen molar-refractivity contribution in [3.05, 3.63) is 29.8 Å². The Balaban J connectivity index is 2.73. The minimum absolute atomic E-state index is 0.0193. The molecule has 0 saturated heterocycles. The van der Waals surface area contributed by atoms with Gasteiger partial charge in [0.2, 0.25) is 5.91 Å². The molecule has 0 spiro atoms. The minimum atomic E-state index is -0.522. The second kappa shape index (κ2) is 7.95. The maximum atomic E-state index is 11.9. The molecule has 1 rings (SSSR count). The number of carbonyl (C=O) groups is 2. The Kier molecular flexibility index (Phi) is 6.28. The third-order valence-electron chi connectivity index (χ3n) is 2.38. The number of hydrogen-bond donors (Lipinski definition) is 3. The number of nitrogens with zero attached hydrogens (tertiary/aromatic N) is 1. The zero-order valence-corrected chi connectivity index (χ0v) is 12.5. The average Bonchev–Trinajstić information content (AvgIpc) is 2.44. The topological polar surface area (TPSA) is 106 Å². The van der Waals surface area contributed by atoms with Gasteiger partial charge in [0, 0.05) is 5.71 Å². The maximum Gasteiger partial charge on any atom is 0.339 e. The van der Waals surface area contributed by atoms with Crippen LogP contribution in [-0.2, 0) is 9.53 Å². The van der Waals surface area contributed by atoms with Crippen molar-refractivity contribution in [1.29, 1.82) is 0 Å². The Hall–Kier alpha value is -2.48. The van der Waals surface area contributed by atoms with E-state index in [-0.39, 0.29) is 23.0 Å². The maximum absolute atomic E-state index is 11.9. The molecule has 0 unspecified atom stereocenters. The summed E-state index contributed by atoms with van der Waals surface area (Å²) in [4.78, 5) is 23.5. The monoisotopic (exact) mass is 308 g/mol. The molecule has 0 aliphatic rings. The molecule has 0 atom stereocenters. The summed E-state index contributed by atoms with van der Waals surface area (Å²) in [6.45, 7) is 1.65. The molecule has 0 bridgehead atoms. The third-order valence-corrected chi connectivity index (χ3v) is 2.47. The van der Waals surface area contributed by atoms with Gasteiger partial charge in [0.05, 0.1) is 24.8 Å². The summed E-state index contributed by atoms with van der Waals surface area (Å²) in [5, 5.41) is 6.48. The lowest BCUT2D eigenvalue weighted by atomic mass is 10.1. The van der Waals surface area contributed by atoms with Gasteiger partial charge in [-0.2, -0.15) is 5.10 Å². The first-order valence-corrected chi connectivity index (χ1v) is 6.40. The van der Waals surface area contributed by atoms with Crippen LogP contribution in [0.5, 0.6) is 0 Å². The number of nitrogens with one attached hydrogen (secondary N) is 2. The molecule has 8 heteroatoms. The molecule has 112 valence electrons. The first-order chi connectivity index (χ1) is 9.93. The summed E-state index contributed by atoms with van der Waals surface area (Å²) in [5.41, 5.74) is 8.78. The zero-order valence-electron chi connectivity index (χ0n) is 11.7. The molecule has 1 aromatic rings. The number of anilines is 1. The predicted octanol–water partition coefficient (Wildman–Crippen LogP) is 1.01. The van der Waals surface area contributed by atoms with Gasteiger partial charge < -0.3 is 15.8 Å². The number of hydrogen-bond acceptors (Lipinski definition) is 5. The number of benzene rings is 1. The van der Waals surface area contributed by atoms with Crippen molar-refractivity contribution < 1.29 is 14.3 Å². The molecule has 0 saturated carbocycles. The number of ether oxygens (including phenoxy) is 1. The lowest BCUT2D eigenvalue weighted by Crippen LogP contribution is -2.26. The van der Waals surface area contributed by atoms with Crippen molar-refractivity contribution in [1.82, 2.24) is 5.43 Å². The van der Waals surface area contributed by atoms with Crippen LogP contribution < -0.4 is 16.5 Å². The number of nitrogens with two attached hydrogens (primary N) is 1. The molecular weight excluding hydrogens is 292 g/mol. The van der Waals surface area contributed by atoms with E-state index in [1.54, 1.807) is 31.2 Å². The summed E-state index contributed by atoms with van der Waals surface area (Å²) >= 11 is 4.60. The standard InChI is InChI=1S/C13H16N4O3S/c1-8(16-17-13(14)21)7-11(18)15-10-6-4-3-5-9(10)12(19)20-2/h3-6H,7H2,1-2H3,(H,15,18)(H3,14,17,21)/b16-8+. The number of amides is 1. The highest BCUT2D eigenvalue weighted by molar-refractivity contribution is 7.80. The number of carbonyl (C=O) groups excluding carboxylic acids is 2. The van der Waals surface area contributed by atoms with Gasteiger partial charge in [-0.1, -0.05) is 12.1 Å². The summed E-state index contributed by atoms with van der Waals surface area (Å²) in [5.74, 6) is -0.844. The molecule has 0 aliphatic carbocycles. The number of methoxy groups -OCH3 is 1. The van der Waals surface area contributed by atoms with E-state index < -0.39 is 5.97 Å². The van der Waals surface area contributed by atoms with Crippen LogP contribution in [0.4, 0.5) is 5.69 Å². The summed E-state index contributed by atoms with van der Waals surface area (Å²) in [7, 11) is 1.28. The van der Waals surface area contributed by atoms with E-state index in [0.29, 0.717) is 11.4 Å². The van der Waals surface area contributed by atoms with Crippen LogP contribution >= 0.6 is 12.2 Å². The number of para-hydroxylation sites is 1. The minimum Gasteiger partial charge on any atom is -0.465 e. The fourth-order valence-electron chi connectivity index (χ4n) is 1.50. The van der Waals surface area contributed by atoms with Gasteiger partial charge in [0.1, 0.15) is 0 Å². The Morgan fingerprint density at radius 1 is 1.38 bits per heavy atom. The van der Waals surface area contributed by atoms with Crippen LogP contribution in [0.2, 0.25) is 0 Å². The van der Waals surface area contributed by atoms with Crippen LogP contribution in [0.3, 0.4) is 0 Å². The highest BCUT2D eigenvalue weighted by Crippen LogP contribution is 2.16. The van der Waals surface area contributed by atoms with Gasteiger partial charge in [0.25, 0.3) is 0 Å². The van der Waals surface area contributed by atoms with Crippen molar-refractivity contribution in [3.8, 4) is 0 Å². The highest BCUT2D eigenvalue weighted by Gasteiger charge is 2.13. The van der Waals surface area contributed by atoms with Crippen molar-refractivity contribution in [2.75, 3.05) is 12.4 Å². The molecule has 21 heavy (non-hydrogen) atoms. The zero-order chi connectivity index (χ0) is 15.8. The number of hydrazone groups is 1. The van der Waals surface area contributed by atoms with Gasteiger partial charge in [0.15, 0.2) is 5.11 Å². The SMILES string of the molecule is COC(=O)c1ccccc1NC(=O)C/C(C)=N/NC(N)=S. The lowest BCUT2D eigenvalue weighted by molar-refractivity contribution is -0.115. The van der Waals surface area contributed by atoms with E-state index in [1.807, 2.05) is 0 Å². The Morgan fingerprint density at radius 3 is 2.67 bits per heavy atom. The van der Waals surface area contributed by atoms with Crippen LogP contribution in [0.1, 0.15) is 23.7 Å². The Labute approximate surface area is 127 Å². The van der Waals surface area contributed by atoms with Crippen molar-refractivity contribution in [3.63, 3.8) is 0 Å². The molecule has 1 aromatic carbocycles. The van der Waals surface area contributed by atoms with E-state index in [9.17, 15) is 9.59 Å². The molecule has 1 amide bonds. The van der Waals surface area contributed by atoms with Gasteiger partial charge in [-0.3, -0.25) is 10.2 Å². The second-order valence-electron chi connectivity index (χ2n) is 4.09. The van der Waals surface area contributed by atoms with Crippen molar-refractivity contribution in [2.24, 2.45) is 10.8 Å². The van der Waals surface area contributed by atoms with Crippen LogP contribution in [-0.4, -0.2) is 29.8 Å². The van der Waals surface area contributed by atoms with Crippen LogP contribution in [0.15, 0.2) is 29.4 Å². The third kappa shape index (κ3) is 5.57. The molecule has 0 fully saturated rings. The highest BCUT2D eigenvalue weighted by atomic mass is 32.1. The number of thiocarbonyl (C=S) groups is 1. The van der Waals surface area contributed by atoms with Gasteiger partial charge in [-0.05, 0) is 31.3 Å². The molecule has 0 aromatic heterocycles. The van der Waals surface area contributed by atoms with E-state index in [2.05, 4.69) is 32.8 Å². The normalized spacial score (nSPS) is 10.7. The average molecular weight is 308 g/mol. The van der Waals surface area contributed by atoms with E-state index in [1.165, 1.54) is 7.11 Å². The van der Waals surface area contributed by atoms with Gasteiger partial charge >= 0.3 is 5.97 Å². The second-order valence-corrected chi connectivity index (χ2v) is 4.53. The Bertz CT molecular complexity index is 587. The number of rotatable bonds is 5. The first-order valence-electron chi connectivity index (χ1n) is 6.00. The molecular formula is C13H16N4O3S. The first kappa shape index (κ1) is 16.6. The van der Waals surface area contributed by atoms with Gasteiger partial charge in [-0.15, -0.1) is 0 Å². The molecule has 7 nitrogen and oxygen atoms in total. The van der Waals surface area contributed by atoms with Crippen LogP contribution in [0.25, 0.3) is 0 Å². The fraction of sp³-hybridized carbons (Fsp3) is 0.231. The summed E-state index contributed by atoms with van der Waals surface area (Å²) < 4.78 is 4.65. The quantitative estimate of drug-likeness (QED) is 0.324. The van der Waals surface area contributed by atoms with Gasteiger partial charge in [-0.25, -0.2) is 4.79 Å². The lowest BCUT2D eigenvalue weighted by Gasteiger charge is -2.09. The van der Waals surface area contributed by atoms with Crippen molar-refractivity contribution >= 4 is 40.6 Å². The predicted molar refractivity (Wildman–Crippen MR) is 84.1 cm³/mol. The molecule has 0 aliphatic heterocycles. The van der Waals surface area contributed by atoms with E-state index >= 15 is 0 Å². The Morgan fingerprint density at radius 2 is 2.05 bits per heavy atom. The largest absolute Gasteiger partial charge is 0.465 e. The number of esters is 1. The molecule has 0 heterocycles. The van der Waals surface area contributed by atoms with E-state index in [4.69, 9.17) is 5.73 Å².